The Bertz CT molecular complexity index is 881. The average molecular weight is 344 g/mol. The van der Waals surface area contributed by atoms with E-state index in [0.717, 1.165) is 0 Å². The molecule has 6 nitrogen and oxygen atoms in total. The van der Waals surface area contributed by atoms with E-state index in [1.807, 2.05) is 24.1 Å². The molecule has 1 aliphatic heterocycles. The first-order chi connectivity index (χ1) is 12.1. The minimum atomic E-state index is -0.910. The van der Waals surface area contributed by atoms with Crippen molar-refractivity contribution in [1.82, 2.24) is 19.7 Å². The van der Waals surface area contributed by atoms with E-state index in [2.05, 4.69) is 20.5 Å². The Hall–Kier alpha value is -2.77. The summed E-state index contributed by atoms with van der Waals surface area (Å²) in [6.45, 7) is 0.776. The van der Waals surface area contributed by atoms with Gasteiger partial charge in [-0.3, -0.25) is 0 Å². The van der Waals surface area contributed by atoms with Gasteiger partial charge in [-0.05, 0) is 24.3 Å². The zero-order chi connectivity index (χ0) is 17.4. The van der Waals surface area contributed by atoms with Gasteiger partial charge in [0.05, 0.1) is 18.1 Å². The van der Waals surface area contributed by atoms with Crippen LogP contribution in [-0.4, -0.2) is 45.1 Å². The van der Waals surface area contributed by atoms with Crippen LogP contribution >= 0.6 is 0 Å². The molecule has 1 saturated heterocycles. The number of para-hydroxylation sites is 1. The van der Waals surface area contributed by atoms with E-state index >= 15 is 0 Å². The van der Waals surface area contributed by atoms with Crippen molar-refractivity contribution in [2.45, 2.75) is 18.6 Å². The van der Waals surface area contributed by atoms with Gasteiger partial charge in [-0.25, -0.2) is 13.8 Å². The summed E-state index contributed by atoms with van der Waals surface area (Å²) < 4.78 is 29.6. The van der Waals surface area contributed by atoms with Gasteiger partial charge in [0.1, 0.15) is 11.7 Å². The van der Waals surface area contributed by atoms with E-state index in [1.54, 1.807) is 22.9 Å². The van der Waals surface area contributed by atoms with Crippen LogP contribution in [0.5, 0.6) is 0 Å². The number of aromatic nitrogens is 4. The van der Waals surface area contributed by atoms with Gasteiger partial charge in [0.2, 0.25) is 5.95 Å². The Labute approximate surface area is 143 Å². The van der Waals surface area contributed by atoms with Crippen molar-refractivity contribution >= 4 is 22.8 Å². The first kappa shape index (κ1) is 15.7. The van der Waals surface area contributed by atoms with Gasteiger partial charge in [0, 0.05) is 26.2 Å². The third-order valence-electron chi connectivity index (χ3n) is 4.57. The lowest BCUT2D eigenvalue weighted by Gasteiger charge is -2.25. The van der Waals surface area contributed by atoms with Crippen LogP contribution in [0.1, 0.15) is 6.42 Å². The highest BCUT2D eigenvalue weighted by molar-refractivity contribution is 5.79. The van der Waals surface area contributed by atoms with Crippen LogP contribution in [0.25, 0.3) is 11.0 Å². The molecule has 2 aromatic heterocycles. The average Bonchev–Trinajstić information content (AvgIpc) is 3.15. The predicted octanol–water partition coefficient (Wildman–Crippen LogP) is 2.53. The summed E-state index contributed by atoms with van der Waals surface area (Å²) in [5.74, 6) is 0.860. The molecule has 25 heavy (non-hydrogen) atoms. The lowest BCUT2D eigenvalue weighted by molar-refractivity contribution is 0.357. The molecule has 4 rings (SSSR count). The summed E-state index contributed by atoms with van der Waals surface area (Å²) in [5.41, 5.74) is 1.04. The molecule has 1 N–H and O–H groups in total. The third kappa shape index (κ3) is 2.88. The molecule has 3 aromatic rings. The van der Waals surface area contributed by atoms with Crippen LogP contribution < -0.4 is 10.2 Å². The fourth-order valence-electron chi connectivity index (χ4n) is 3.33. The Balaban J connectivity index is 1.54. The number of nitrogens with one attached hydrogen (secondary N) is 1. The molecular weight excluding hydrogens is 326 g/mol. The first-order valence-corrected chi connectivity index (χ1v) is 8.16. The molecule has 0 saturated carbocycles. The minimum absolute atomic E-state index is 0.0728. The number of fused-ring (bicyclic) bond motifs is 1. The molecule has 1 aromatic carbocycles. The highest BCUT2D eigenvalue weighted by Crippen LogP contribution is 2.26. The number of nitrogens with zero attached hydrogens (tertiary/aromatic N) is 5. The van der Waals surface area contributed by atoms with Gasteiger partial charge in [-0.2, -0.15) is 5.10 Å². The molecule has 1 fully saturated rings. The number of alkyl halides is 1. The number of hydrogen-bond acceptors (Lipinski definition) is 5. The van der Waals surface area contributed by atoms with Crippen molar-refractivity contribution < 1.29 is 8.78 Å². The summed E-state index contributed by atoms with van der Waals surface area (Å²) in [4.78, 5) is 6.24. The van der Waals surface area contributed by atoms with Crippen LogP contribution in [0.15, 0.2) is 36.5 Å². The number of benzene rings is 1. The van der Waals surface area contributed by atoms with Crippen LogP contribution in [0.3, 0.4) is 0 Å². The van der Waals surface area contributed by atoms with Crippen molar-refractivity contribution in [3.8, 4) is 0 Å². The summed E-state index contributed by atoms with van der Waals surface area (Å²) in [6.07, 6.45) is 1.09. The van der Waals surface area contributed by atoms with Crippen LogP contribution in [-0.2, 0) is 7.05 Å². The SMILES string of the molecule is Cn1c(NC[C@@H]2C[C@H](F)CN2c2cccnn2)nc2c(F)cccc21. The normalized spacial score (nSPS) is 20.4. The predicted molar refractivity (Wildman–Crippen MR) is 91.8 cm³/mol. The summed E-state index contributed by atoms with van der Waals surface area (Å²) in [6, 6.07) is 8.39. The van der Waals surface area contributed by atoms with Crippen LogP contribution in [0, 0.1) is 5.82 Å². The molecule has 130 valence electrons. The van der Waals surface area contributed by atoms with E-state index in [0.29, 0.717) is 42.3 Å². The lowest BCUT2D eigenvalue weighted by atomic mass is 10.2. The van der Waals surface area contributed by atoms with Crippen LogP contribution in [0.4, 0.5) is 20.5 Å². The molecule has 0 amide bonds. The zero-order valence-corrected chi connectivity index (χ0v) is 13.7. The maximum absolute atomic E-state index is 13.9. The maximum atomic E-state index is 13.9. The first-order valence-electron chi connectivity index (χ1n) is 8.16. The van der Waals surface area contributed by atoms with Gasteiger partial charge >= 0.3 is 0 Å². The number of anilines is 2. The van der Waals surface area contributed by atoms with Crippen molar-refractivity contribution in [1.29, 1.82) is 0 Å². The highest BCUT2D eigenvalue weighted by Gasteiger charge is 2.33. The Kier molecular flexibility index (Phi) is 3.95. The fourth-order valence-corrected chi connectivity index (χ4v) is 3.33. The van der Waals surface area contributed by atoms with E-state index in [9.17, 15) is 8.78 Å². The van der Waals surface area contributed by atoms with Crippen molar-refractivity contribution in [2.75, 3.05) is 23.3 Å². The quantitative estimate of drug-likeness (QED) is 0.788. The van der Waals surface area contributed by atoms with Crippen molar-refractivity contribution in [3.63, 3.8) is 0 Å². The van der Waals surface area contributed by atoms with Gasteiger partial charge in [-0.1, -0.05) is 6.07 Å². The summed E-state index contributed by atoms with van der Waals surface area (Å²) in [5, 5.41) is 11.2. The Morgan fingerprint density at radius 2 is 2.16 bits per heavy atom. The van der Waals surface area contributed by atoms with Gasteiger partial charge in [0.25, 0.3) is 0 Å². The van der Waals surface area contributed by atoms with Gasteiger partial charge < -0.3 is 14.8 Å². The molecule has 3 heterocycles. The minimum Gasteiger partial charge on any atom is -0.354 e. The van der Waals surface area contributed by atoms with E-state index in [4.69, 9.17) is 0 Å². The summed E-state index contributed by atoms with van der Waals surface area (Å²) in [7, 11) is 1.82. The lowest BCUT2D eigenvalue weighted by Crippen LogP contribution is -2.36. The highest BCUT2D eigenvalue weighted by atomic mass is 19.1. The molecule has 8 heteroatoms. The standard InChI is InChI=1S/C17H18F2N6/c1-24-14-5-2-4-13(19)16(14)22-17(24)20-9-12-8-11(18)10-25(12)15-6-3-7-21-23-15/h2-7,11-12H,8-10H2,1H3,(H,20,22)/t11-,12-/m0/s1. The molecule has 1 aliphatic rings. The second kappa shape index (κ2) is 6.27. The second-order valence-electron chi connectivity index (χ2n) is 6.20. The number of imidazole rings is 1. The van der Waals surface area contributed by atoms with Crippen molar-refractivity contribution in [2.24, 2.45) is 7.05 Å². The molecule has 0 aliphatic carbocycles. The van der Waals surface area contributed by atoms with E-state index in [1.165, 1.54) is 6.07 Å². The number of halogens is 2. The zero-order valence-electron chi connectivity index (χ0n) is 13.7. The van der Waals surface area contributed by atoms with E-state index in [-0.39, 0.29) is 11.9 Å². The van der Waals surface area contributed by atoms with Crippen molar-refractivity contribution in [3.05, 3.63) is 42.3 Å². The topological polar surface area (TPSA) is 58.9 Å². The van der Waals surface area contributed by atoms with Gasteiger partial charge in [0.15, 0.2) is 11.6 Å². The number of rotatable bonds is 4. The third-order valence-corrected chi connectivity index (χ3v) is 4.57. The Morgan fingerprint density at radius 1 is 1.28 bits per heavy atom. The number of aryl methyl sites for hydroxylation is 1. The molecule has 0 radical (unpaired) electrons. The summed E-state index contributed by atoms with van der Waals surface area (Å²) >= 11 is 0. The largest absolute Gasteiger partial charge is 0.354 e. The van der Waals surface area contributed by atoms with E-state index < -0.39 is 6.17 Å². The van der Waals surface area contributed by atoms with Gasteiger partial charge in [-0.15, -0.1) is 5.10 Å². The Morgan fingerprint density at radius 3 is 2.92 bits per heavy atom. The number of hydrogen-bond donors (Lipinski definition) is 1. The molecule has 0 spiro atoms. The van der Waals surface area contributed by atoms with Crippen LogP contribution in [0.2, 0.25) is 0 Å². The second-order valence-corrected chi connectivity index (χ2v) is 6.20. The monoisotopic (exact) mass is 344 g/mol. The fraction of sp³-hybridized carbons (Fsp3) is 0.353. The molecule has 0 bridgehead atoms. The molecular formula is C17H18F2N6. The maximum Gasteiger partial charge on any atom is 0.203 e. The molecule has 2 atom stereocenters. The smallest absolute Gasteiger partial charge is 0.203 e. The molecule has 0 unspecified atom stereocenters.